The molecule has 0 bridgehead atoms. The molecule has 1 aromatic carbocycles. The van der Waals surface area contributed by atoms with Crippen molar-refractivity contribution >= 4 is 23.1 Å². The van der Waals surface area contributed by atoms with Crippen LogP contribution in [0, 0.1) is 0 Å². The van der Waals surface area contributed by atoms with Crippen LogP contribution in [0.5, 0.6) is 0 Å². The fourth-order valence-electron chi connectivity index (χ4n) is 2.04. The van der Waals surface area contributed by atoms with Gasteiger partial charge in [-0.25, -0.2) is 4.98 Å². The molecule has 110 valence electrons. The van der Waals surface area contributed by atoms with E-state index in [4.69, 9.17) is 0 Å². The zero-order valence-corrected chi connectivity index (χ0v) is 12.7. The number of pyridine rings is 1. The normalized spacial score (nSPS) is 10.5. The Bertz CT molecular complexity index is 606. The number of hydrogen-bond donors (Lipinski definition) is 2. The maximum absolute atomic E-state index is 11.3. The SMILES string of the molecule is CCC(=O)Nc1ccc(Nc2ccccc2C(C)C)nc1. The van der Waals surface area contributed by atoms with Crippen molar-refractivity contribution in [1.82, 2.24) is 4.98 Å². The van der Waals surface area contributed by atoms with E-state index in [1.165, 1.54) is 5.56 Å². The second kappa shape index (κ2) is 6.88. The number of anilines is 3. The Hall–Kier alpha value is -2.36. The number of rotatable bonds is 5. The van der Waals surface area contributed by atoms with Crippen molar-refractivity contribution in [3.63, 3.8) is 0 Å². The van der Waals surface area contributed by atoms with Gasteiger partial charge in [0.25, 0.3) is 0 Å². The van der Waals surface area contributed by atoms with E-state index >= 15 is 0 Å². The molecule has 0 radical (unpaired) electrons. The summed E-state index contributed by atoms with van der Waals surface area (Å²) >= 11 is 0. The van der Waals surface area contributed by atoms with E-state index in [9.17, 15) is 4.79 Å². The second-order valence-corrected chi connectivity index (χ2v) is 5.20. The van der Waals surface area contributed by atoms with Crippen LogP contribution >= 0.6 is 0 Å². The predicted octanol–water partition coefficient (Wildman–Crippen LogP) is 4.30. The summed E-state index contributed by atoms with van der Waals surface area (Å²) in [5.41, 5.74) is 3.03. The molecule has 0 aliphatic rings. The van der Waals surface area contributed by atoms with Gasteiger partial charge in [0.2, 0.25) is 5.91 Å². The fraction of sp³-hybridized carbons (Fsp3) is 0.294. The van der Waals surface area contributed by atoms with Crippen LogP contribution in [0.3, 0.4) is 0 Å². The van der Waals surface area contributed by atoms with Crippen LogP contribution in [0.25, 0.3) is 0 Å². The van der Waals surface area contributed by atoms with E-state index in [-0.39, 0.29) is 5.91 Å². The lowest BCUT2D eigenvalue weighted by Gasteiger charge is -2.14. The second-order valence-electron chi connectivity index (χ2n) is 5.20. The number of carbonyl (C=O) groups excluding carboxylic acids is 1. The van der Waals surface area contributed by atoms with Gasteiger partial charge in [0.15, 0.2) is 0 Å². The van der Waals surface area contributed by atoms with Crippen LogP contribution in [-0.2, 0) is 4.79 Å². The van der Waals surface area contributed by atoms with Gasteiger partial charge in [0.05, 0.1) is 11.9 Å². The molecule has 21 heavy (non-hydrogen) atoms. The highest BCUT2D eigenvalue weighted by Crippen LogP contribution is 2.26. The molecule has 0 saturated heterocycles. The van der Waals surface area contributed by atoms with Crippen molar-refractivity contribution in [2.24, 2.45) is 0 Å². The molecule has 0 unspecified atom stereocenters. The first-order valence-electron chi connectivity index (χ1n) is 7.22. The van der Waals surface area contributed by atoms with Gasteiger partial charge in [-0.3, -0.25) is 4.79 Å². The van der Waals surface area contributed by atoms with Crippen LogP contribution in [-0.4, -0.2) is 10.9 Å². The van der Waals surface area contributed by atoms with Crippen LogP contribution in [0.4, 0.5) is 17.2 Å². The molecular weight excluding hydrogens is 262 g/mol. The number of para-hydroxylation sites is 1. The maximum atomic E-state index is 11.3. The summed E-state index contributed by atoms with van der Waals surface area (Å²) < 4.78 is 0. The molecule has 1 aromatic heterocycles. The Morgan fingerprint density at radius 1 is 1.19 bits per heavy atom. The molecule has 0 saturated carbocycles. The fourth-order valence-corrected chi connectivity index (χ4v) is 2.04. The lowest BCUT2D eigenvalue weighted by Crippen LogP contribution is -2.09. The molecule has 2 N–H and O–H groups in total. The van der Waals surface area contributed by atoms with Crippen molar-refractivity contribution in [2.45, 2.75) is 33.1 Å². The molecule has 4 nitrogen and oxygen atoms in total. The van der Waals surface area contributed by atoms with Gasteiger partial charge in [0.1, 0.15) is 5.82 Å². The minimum Gasteiger partial charge on any atom is -0.340 e. The third-order valence-electron chi connectivity index (χ3n) is 3.21. The van der Waals surface area contributed by atoms with Crippen molar-refractivity contribution in [3.8, 4) is 0 Å². The monoisotopic (exact) mass is 283 g/mol. The van der Waals surface area contributed by atoms with Crippen LogP contribution < -0.4 is 10.6 Å². The van der Waals surface area contributed by atoms with E-state index in [0.717, 1.165) is 11.5 Å². The number of nitrogens with one attached hydrogen (secondary N) is 2. The molecular formula is C17H21N3O. The topological polar surface area (TPSA) is 54.0 Å². The predicted molar refractivity (Wildman–Crippen MR) is 87.0 cm³/mol. The molecule has 2 rings (SSSR count). The van der Waals surface area contributed by atoms with Crippen molar-refractivity contribution < 1.29 is 4.79 Å². The summed E-state index contributed by atoms with van der Waals surface area (Å²) in [6.07, 6.45) is 2.12. The van der Waals surface area contributed by atoms with Crippen molar-refractivity contribution in [1.29, 1.82) is 0 Å². The summed E-state index contributed by atoms with van der Waals surface area (Å²) in [5.74, 6) is 1.19. The highest BCUT2D eigenvalue weighted by atomic mass is 16.1. The number of nitrogens with zero attached hydrogens (tertiary/aromatic N) is 1. The zero-order chi connectivity index (χ0) is 15.2. The van der Waals surface area contributed by atoms with Crippen LogP contribution in [0.15, 0.2) is 42.6 Å². The summed E-state index contributed by atoms with van der Waals surface area (Å²) in [7, 11) is 0. The van der Waals surface area contributed by atoms with Gasteiger partial charge in [-0.05, 0) is 29.7 Å². The zero-order valence-electron chi connectivity index (χ0n) is 12.7. The Morgan fingerprint density at radius 2 is 1.95 bits per heavy atom. The molecule has 2 aromatic rings. The summed E-state index contributed by atoms with van der Waals surface area (Å²) in [6.45, 7) is 6.15. The maximum Gasteiger partial charge on any atom is 0.224 e. The number of carbonyl (C=O) groups is 1. The number of aromatic nitrogens is 1. The van der Waals surface area contributed by atoms with Crippen molar-refractivity contribution in [2.75, 3.05) is 10.6 Å². The standard InChI is InChI=1S/C17H21N3O/c1-4-17(21)19-13-9-10-16(18-11-13)20-15-8-6-5-7-14(15)12(2)3/h5-12H,4H2,1-3H3,(H,18,20)(H,19,21). The van der Waals surface area contributed by atoms with E-state index < -0.39 is 0 Å². The van der Waals surface area contributed by atoms with Gasteiger partial charge < -0.3 is 10.6 Å². The molecule has 4 heteroatoms. The van der Waals surface area contributed by atoms with Gasteiger partial charge in [-0.15, -0.1) is 0 Å². The summed E-state index contributed by atoms with van der Waals surface area (Å²) in [4.78, 5) is 15.7. The highest BCUT2D eigenvalue weighted by molar-refractivity contribution is 5.90. The van der Waals surface area contributed by atoms with Crippen LogP contribution in [0.2, 0.25) is 0 Å². The smallest absolute Gasteiger partial charge is 0.224 e. The largest absolute Gasteiger partial charge is 0.340 e. The number of benzene rings is 1. The average molecular weight is 283 g/mol. The molecule has 0 aliphatic heterocycles. The van der Waals surface area contributed by atoms with Gasteiger partial charge >= 0.3 is 0 Å². The lowest BCUT2D eigenvalue weighted by atomic mass is 10.0. The van der Waals surface area contributed by atoms with Crippen LogP contribution in [0.1, 0.15) is 38.7 Å². The van der Waals surface area contributed by atoms with E-state index in [0.29, 0.717) is 18.0 Å². The minimum atomic E-state index is -0.0114. The Labute approximate surface area is 125 Å². The molecule has 0 aliphatic carbocycles. The summed E-state index contributed by atoms with van der Waals surface area (Å²) in [6, 6.07) is 11.9. The quantitative estimate of drug-likeness (QED) is 0.860. The molecule has 1 heterocycles. The summed E-state index contributed by atoms with van der Waals surface area (Å²) in [5, 5.41) is 6.11. The first-order valence-corrected chi connectivity index (χ1v) is 7.22. The number of hydrogen-bond acceptors (Lipinski definition) is 3. The Morgan fingerprint density at radius 3 is 2.57 bits per heavy atom. The van der Waals surface area contributed by atoms with E-state index in [2.05, 4.69) is 35.5 Å². The van der Waals surface area contributed by atoms with E-state index in [1.807, 2.05) is 37.3 Å². The third-order valence-corrected chi connectivity index (χ3v) is 3.21. The first-order chi connectivity index (χ1) is 10.1. The first kappa shape index (κ1) is 15.0. The Kier molecular flexibility index (Phi) is 4.93. The molecule has 0 atom stereocenters. The highest BCUT2D eigenvalue weighted by Gasteiger charge is 2.06. The molecule has 1 amide bonds. The Balaban J connectivity index is 2.12. The van der Waals surface area contributed by atoms with Gasteiger partial charge in [-0.2, -0.15) is 0 Å². The van der Waals surface area contributed by atoms with Gasteiger partial charge in [0, 0.05) is 12.1 Å². The molecule has 0 spiro atoms. The van der Waals surface area contributed by atoms with Gasteiger partial charge in [-0.1, -0.05) is 39.0 Å². The molecule has 0 fully saturated rings. The van der Waals surface area contributed by atoms with Crippen molar-refractivity contribution in [3.05, 3.63) is 48.2 Å². The van der Waals surface area contributed by atoms with E-state index in [1.54, 1.807) is 6.20 Å². The minimum absolute atomic E-state index is 0.0114. The average Bonchev–Trinajstić information content (AvgIpc) is 2.49. The number of amides is 1. The third kappa shape index (κ3) is 4.05. The lowest BCUT2D eigenvalue weighted by molar-refractivity contribution is -0.115.